The van der Waals surface area contributed by atoms with E-state index in [0.29, 0.717) is 43.4 Å². The minimum Gasteiger partial charge on any atom is -0.497 e. The van der Waals surface area contributed by atoms with Crippen LogP contribution in [0.15, 0.2) is 93.9 Å². The molecule has 4 aromatic rings. The van der Waals surface area contributed by atoms with E-state index in [0.717, 1.165) is 5.56 Å². The Hall–Kier alpha value is -4.96. The molecule has 0 aliphatic carbocycles. The van der Waals surface area contributed by atoms with Gasteiger partial charge in [-0.3, -0.25) is 9.36 Å². The van der Waals surface area contributed by atoms with Crippen LogP contribution in [0.1, 0.15) is 55.2 Å². The number of methoxy groups -OCH3 is 1. The Balaban J connectivity index is 1.51. The fourth-order valence-corrected chi connectivity index (χ4v) is 5.88. The summed E-state index contributed by atoms with van der Waals surface area (Å²) in [5.74, 6) is 0.539. The Morgan fingerprint density at radius 3 is 2.32 bits per heavy atom. The minimum absolute atomic E-state index is 0.124. The van der Waals surface area contributed by atoms with Crippen LogP contribution in [0.2, 0.25) is 0 Å². The van der Waals surface area contributed by atoms with Gasteiger partial charge in [0.2, 0.25) is 0 Å². The van der Waals surface area contributed by atoms with Gasteiger partial charge in [-0.15, -0.1) is 0 Å². The number of esters is 2. The zero-order valence-electron chi connectivity index (χ0n) is 25.0. The average Bonchev–Trinajstić information content (AvgIpc) is 3.31. The number of para-hydroxylation sites is 1. The Labute approximate surface area is 258 Å². The molecule has 9 nitrogen and oxygen atoms in total. The first-order valence-electron chi connectivity index (χ1n) is 14.1. The van der Waals surface area contributed by atoms with E-state index >= 15 is 0 Å². The van der Waals surface area contributed by atoms with E-state index in [1.165, 1.54) is 15.9 Å². The van der Waals surface area contributed by atoms with Crippen LogP contribution in [0, 0.1) is 0 Å². The molecule has 0 fully saturated rings. The fourth-order valence-electron chi connectivity index (χ4n) is 4.83. The molecule has 3 aromatic carbocycles. The van der Waals surface area contributed by atoms with Crippen molar-refractivity contribution >= 4 is 29.4 Å². The van der Waals surface area contributed by atoms with E-state index in [1.54, 1.807) is 75.6 Å². The second kappa shape index (κ2) is 13.1. The molecule has 0 saturated heterocycles. The Kier molecular flexibility index (Phi) is 9.10. The number of thiazole rings is 1. The van der Waals surface area contributed by atoms with Crippen molar-refractivity contribution in [2.75, 3.05) is 13.7 Å². The number of hydrogen-bond donors (Lipinski definition) is 0. The predicted molar refractivity (Wildman–Crippen MR) is 167 cm³/mol. The Morgan fingerprint density at radius 2 is 1.66 bits per heavy atom. The molecule has 10 heteroatoms. The number of hydrogen-bond acceptors (Lipinski definition) is 9. The third-order valence-corrected chi connectivity index (χ3v) is 7.79. The molecule has 0 bridgehead atoms. The fraction of sp³-hybridized carbons (Fsp3) is 0.235. The zero-order chi connectivity index (χ0) is 31.4. The minimum atomic E-state index is -0.790. The van der Waals surface area contributed by atoms with Crippen LogP contribution in [0.25, 0.3) is 6.08 Å². The van der Waals surface area contributed by atoms with Crippen molar-refractivity contribution in [3.63, 3.8) is 0 Å². The van der Waals surface area contributed by atoms with Crippen LogP contribution in [-0.4, -0.2) is 36.3 Å². The first-order valence-corrected chi connectivity index (χ1v) is 14.9. The van der Waals surface area contributed by atoms with Crippen molar-refractivity contribution in [3.05, 3.63) is 120 Å². The van der Waals surface area contributed by atoms with E-state index in [9.17, 15) is 14.4 Å². The number of aromatic nitrogens is 1. The number of carbonyl (C=O) groups is 2. The second-order valence-corrected chi connectivity index (χ2v) is 11.2. The van der Waals surface area contributed by atoms with Crippen molar-refractivity contribution in [1.82, 2.24) is 4.57 Å². The van der Waals surface area contributed by atoms with Crippen LogP contribution in [0.4, 0.5) is 0 Å². The molecule has 1 aliphatic rings. The highest BCUT2D eigenvalue weighted by molar-refractivity contribution is 7.07. The summed E-state index contributed by atoms with van der Waals surface area (Å²) in [6, 6.07) is 20.1. The Morgan fingerprint density at radius 1 is 0.977 bits per heavy atom. The summed E-state index contributed by atoms with van der Waals surface area (Å²) in [6.45, 7) is 7.50. The SMILES string of the molecule is CCOC(=O)C1=C(C)N=c2s/c(=C\c3ccc(OC(=O)c4ccc(OC)cc4)cc3)c(=O)n2[C@@H]1c1ccccc1OC(C)C. The lowest BCUT2D eigenvalue weighted by Crippen LogP contribution is -2.40. The molecule has 1 aromatic heterocycles. The molecule has 0 spiro atoms. The number of benzene rings is 3. The molecule has 0 radical (unpaired) electrons. The van der Waals surface area contributed by atoms with E-state index in [4.69, 9.17) is 18.9 Å². The summed E-state index contributed by atoms with van der Waals surface area (Å²) < 4.78 is 24.1. The normalized spacial score (nSPS) is 14.6. The number of allylic oxidation sites excluding steroid dienone is 1. The highest BCUT2D eigenvalue weighted by atomic mass is 32.1. The third-order valence-electron chi connectivity index (χ3n) is 6.81. The van der Waals surface area contributed by atoms with Crippen molar-refractivity contribution in [2.24, 2.45) is 4.99 Å². The van der Waals surface area contributed by atoms with E-state index in [-0.39, 0.29) is 23.8 Å². The highest BCUT2D eigenvalue weighted by Crippen LogP contribution is 2.36. The van der Waals surface area contributed by atoms with E-state index < -0.39 is 18.0 Å². The van der Waals surface area contributed by atoms with E-state index in [2.05, 4.69) is 4.99 Å². The monoisotopic (exact) mass is 612 g/mol. The lowest BCUT2D eigenvalue weighted by Gasteiger charge is -2.26. The van der Waals surface area contributed by atoms with Gasteiger partial charge in [0, 0.05) is 5.56 Å². The van der Waals surface area contributed by atoms with Gasteiger partial charge in [0.15, 0.2) is 4.80 Å². The lowest BCUT2D eigenvalue weighted by molar-refractivity contribution is -0.139. The molecular formula is C34H32N2O7S. The van der Waals surface area contributed by atoms with Crippen LogP contribution in [0.5, 0.6) is 17.2 Å². The highest BCUT2D eigenvalue weighted by Gasteiger charge is 2.35. The molecule has 226 valence electrons. The first kappa shape index (κ1) is 30.5. The summed E-state index contributed by atoms with van der Waals surface area (Å²) in [7, 11) is 1.56. The number of rotatable bonds is 9. The summed E-state index contributed by atoms with van der Waals surface area (Å²) in [6.07, 6.45) is 1.62. The molecule has 2 heterocycles. The van der Waals surface area contributed by atoms with Crippen molar-refractivity contribution in [2.45, 2.75) is 39.8 Å². The van der Waals surface area contributed by atoms with Crippen molar-refractivity contribution < 1.29 is 28.5 Å². The molecule has 0 saturated carbocycles. The van der Waals surface area contributed by atoms with Crippen LogP contribution < -0.4 is 29.1 Å². The third kappa shape index (κ3) is 6.35. The maximum absolute atomic E-state index is 14.0. The number of nitrogens with zero attached hydrogens (tertiary/aromatic N) is 2. The molecule has 0 N–H and O–H groups in total. The van der Waals surface area contributed by atoms with Crippen LogP contribution in [-0.2, 0) is 9.53 Å². The summed E-state index contributed by atoms with van der Waals surface area (Å²) in [4.78, 5) is 44.9. The number of ether oxygens (including phenoxy) is 4. The molecule has 44 heavy (non-hydrogen) atoms. The van der Waals surface area contributed by atoms with Gasteiger partial charge >= 0.3 is 11.9 Å². The Bertz CT molecular complexity index is 1900. The topological polar surface area (TPSA) is 105 Å². The number of carbonyl (C=O) groups excluding carboxylic acids is 2. The van der Waals surface area contributed by atoms with Gasteiger partial charge in [-0.25, -0.2) is 14.6 Å². The maximum Gasteiger partial charge on any atom is 0.343 e. The van der Waals surface area contributed by atoms with Gasteiger partial charge in [0.1, 0.15) is 23.3 Å². The summed E-state index contributed by atoms with van der Waals surface area (Å²) >= 11 is 1.23. The van der Waals surface area contributed by atoms with Crippen molar-refractivity contribution in [1.29, 1.82) is 0 Å². The quantitative estimate of drug-likeness (QED) is 0.197. The molecule has 5 rings (SSSR count). The van der Waals surface area contributed by atoms with Gasteiger partial charge < -0.3 is 18.9 Å². The maximum atomic E-state index is 14.0. The second-order valence-electron chi connectivity index (χ2n) is 10.2. The standard InChI is InChI=1S/C34H32N2O7S/c1-6-41-33(39)29-21(4)35-34-36(30(29)26-9-7-8-10-27(26)42-20(2)3)31(37)28(44-34)19-22-11-15-25(16-12-22)43-32(38)23-13-17-24(40-5)18-14-23/h7-20,30H,6H2,1-5H3/b28-19-/t30-/m1/s1. The van der Waals surface area contributed by atoms with Gasteiger partial charge in [0.25, 0.3) is 5.56 Å². The molecular weight excluding hydrogens is 580 g/mol. The van der Waals surface area contributed by atoms with E-state index in [1.807, 2.05) is 38.1 Å². The van der Waals surface area contributed by atoms with Gasteiger partial charge in [-0.2, -0.15) is 0 Å². The largest absolute Gasteiger partial charge is 0.497 e. The van der Waals surface area contributed by atoms with Gasteiger partial charge in [0.05, 0.1) is 41.2 Å². The van der Waals surface area contributed by atoms with Gasteiger partial charge in [-0.1, -0.05) is 41.7 Å². The smallest absolute Gasteiger partial charge is 0.343 e. The molecule has 1 aliphatic heterocycles. The number of fused-ring (bicyclic) bond motifs is 1. The molecule has 1 atom stereocenters. The zero-order valence-corrected chi connectivity index (χ0v) is 25.8. The van der Waals surface area contributed by atoms with Crippen molar-refractivity contribution in [3.8, 4) is 17.2 Å². The van der Waals surface area contributed by atoms with Crippen LogP contribution in [0.3, 0.4) is 0 Å². The molecule has 0 amide bonds. The first-order chi connectivity index (χ1) is 21.2. The van der Waals surface area contributed by atoms with Crippen LogP contribution >= 0.6 is 11.3 Å². The molecule has 0 unspecified atom stereocenters. The lowest BCUT2D eigenvalue weighted by atomic mass is 9.95. The average molecular weight is 613 g/mol. The summed E-state index contributed by atoms with van der Waals surface area (Å²) in [5, 5.41) is 0. The summed E-state index contributed by atoms with van der Waals surface area (Å²) in [5.41, 5.74) is 2.23. The van der Waals surface area contributed by atoms with Gasteiger partial charge in [-0.05, 0) is 81.8 Å². The predicted octanol–water partition coefficient (Wildman–Crippen LogP) is 4.81.